The van der Waals surface area contributed by atoms with Crippen molar-refractivity contribution in [3.63, 3.8) is 0 Å². The van der Waals surface area contributed by atoms with Crippen LogP contribution in [0.3, 0.4) is 0 Å². The zero-order valence-electron chi connectivity index (χ0n) is 17.3. The van der Waals surface area contributed by atoms with Gasteiger partial charge in [-0.3, -0.25) is 0 Å². The molecule has 0 fully saturated rings. The summed E-state index contributed by atoms with van der Waals surface area (Å²) >= 11 is 0. The fraction of sp³-hybridized carbons (Fsp3) is 0.133. The molecule has 0 radical (unpaired) electrons. The smallest absolute Gasteiger partial charge is 0.00338 e. The van der Waals surface area contributed by atoms with Crippen LogP contribution in [0.2, 0.25) is 0 Å². The van der Waals surface area contributed by atoms with Crippen molar-refractivity contribution in [2.24, 2.45) is 0 Å². The molecule has 150 valence electrons. The van der Waals surface area contributed by atoms with Crippen LogP contribution in [0.25, 0.3) is 22.9 Å². The van der Waals surface area contributed by atoms with Crippen LogP contribution in [0.4, 0.5) is 0 Å². The lowest BCUT2D eigenvalue weighted by Gasteiger charge is -2.03. The molecule has 0 heteroatoms. The Morgan fingerprint density at radius 1 is 0.533 bits per heavy atom. The molecule has 0 nitrogen and oxygen atoms in total. The van der Waals surface area contributed by atoms with Crippen LogP contribution in [0.15, 0.2) is 102 Å². The first-order valence-electron chi connectivity index (χ1n) is 9.87. The Balaban J connectivity index is 0.000000162. The summed E-state index contributed by atoms with van der Waals surface area (Å²) in [5.74, 6) is 0. The average Bonchev–Trinajstić information content (AvgIpc) is 2.76. The van der Waals surface area contributed by atoms with Crippen LogP contribution >= 0.6 is 0 Å². The van der Waals surface area contributed by atoms with Gasteiger partial charge >= 0.3 is 0 Å². The molecule has 30 heavy (non-hydrogen) atoms. The Bertz CT molecular complexity index is 1180. The van der Waals surface area contributed by atoms with Crippen LogP contribution < -0.4 is 0 Å². The van der Waals surface area contributed by atoms with Crippen LogP contribution in [0, 0.1) is 20.8 Å². The Morgan fingerprint density at radius 3 is 1.87 bits per heavy atom. The van der Waals surface area contributed by atoms with Gasteiger partial charge in [0, 0.05) is 0 Å². The maximum absolute atomic E-state index is 2.95. The Kier molecular flexibility index (Phi) is 8.67. The maximum Gasteiger partial charge on any atom is -0.00338 e. The summed E-state index contributed by atoms with van der Waals surface area (Å²) in [5.41, 5.74) is 12.3. The van der Waals surface area contributed by atoms with E-state index in [0.29, 0.717) is 0 Å². The summed E-state index contributed by atoms with van der Waals surface area (Å²) in [7, 11) is 0. The number of hydrogen-bond acceptors (Lipinski definition) is 0. The monoisotopic (exact) mass is 390 g/mol. The van der Waals surface area contributed by atoms with Crippen molar-refractivity contribution >= 4 is 22.9 Å². The molecule has 0 spiro atoms. The van der Waals surface area contributed by atoms with Crippen molar-refractivity contribution in [2.75, 3.05) is 0 Å². The summed E-state index contributed by atoms with van der Waals surface area (Å²) in [4.78, 5) is 0. The molecule has 0 bridgehead atoms. The molecule has 5 rings (SSSR count). The van der Waals surface area contributed by atoms with E-state index in [1.807, 2.05) is 30.4 Å². The fourth-order valence-corrected chi connectivity index (χ4v) is 3.10. The number of benzene rings is 4. The lowest BCUT2D eigenvalue weighted by atomic mass is 10.0. The first kappa shape index (κ1) is 22.7. The minimum Gasteiger partial charge on any atom is -0.0776 e. The number of aryl methyl sites for hydroxylation is 3. The third-order valence-electron chi connectivity index (χ3n) is 4.73. The molecule has 1 aliphatic rings. The minimum atomic E-state index is 0. The third-order valence-corrected chi connectivity index (χ3v) is 4.73. The van der Waals surface area contributed by atoms with Crippen molar-refractivity contribution in [2.45, 2.75) is 28.2 Å². The molecular formula is C30H30. The highest BCUT2D eigenvalue weighted by molar-refractivity contribution is 5.82. The van der Waals surface area contributed by atoms with Crippen molar-refractivity contribution in [3.8, 4) is 0 Å². The van der Waals surface area contributed by atoms with E-state index in [9.17, 15) is 0 Å². The molecule has 0 unspecified atom stereocenters. The summed E-state index contributed by atoms with van der Waals surface area (Å²) in [5, 5.41) is 2.64. The third kappa shape index (κ3) is 6.50. The first-order valence-corrected chi connectivity index (χ1v) is 9.87. The molecule has 0 amide bonds. The highest BCUT2D eigenvalue weighted by Gasteiger charge is 1.99. The predicted molar refractivity (Wildman–Crippen MR) is 134 cm³/mol. The van der Waals surface area contributed by atoms with Crippen molar-refractivity contribution in [1.82, 2.24) is 0 Å². The van der Waals surface area contributed by atoms with Gasteiger partial charge in [-0.05, 0) is 60.4 Å². The largest absolute Gasteiger partial charge is 0.0776 e. The second kappa shape index (κ2) is 11.4. The lowest BCUT2D eigenvalue weighted by molar-refractivity contribution is 1.43. The van der Waals surface area contributed by atoms with E-state index >= 15 is 0 Å². The molecule has 0 atom stereocenters. The predicted octanol–water partition coefficient (Wildman–Crippen LogP) is 8.57. The van der Waals surface area contributed by atoms with E-state index in [1.165, 1.54) is 38.6 Å². The normalized spacial score (nSPS) is 10.1. The van der Waals surface area contributed by atoms with E-state index in [-0.39, 0.29) is 7.43 Å². The van der Waals surface area contributed by atoms with Crippen LogP contribution in [0.5, 0.6) is 0 Å². The highest BCUT2D eigenvalue weighted by Crippen LogP contribution is 2.18. The second-order valence-corrected chi connectivity index (χ2v) is 7.16. The number of hydrogen-bond donors (Lipinski definition) is 0. The van der Waals surface area contributed by atoms with Crippen molar-refractivity contribution < 1.29 is 0 Å². The molecule has 1 aliphatic carbocycles. The average molecular weight is 391 g/mol. The van der Waals surface area contributed by atoms with E-state index in [4.69, 9.17) is 0 Å². The maximum atomic E-state index is 2.95. The van der Waals surface area contributed by atoms with E-state index in [1.54, 1.807) is 0 Å². The molecule has 0 N–H and O–H groups in total. The molecule has 4 aromatic rings. The van der Waals surface area contributed by atoms with Gasteiger partial charge in [0.1, 0.15) is 0 Å². The topological polar surface area (TPSA) is 0 Å². The van der Waals surface area contributed by atoms with Crippen molar-refractivity contribution in [3.05, 3.63) is 130 Å². The highest BCUT2D eigenvalue weighted by atomic mass is 14.0. The Morgan fingerprint density at radius 2 is 1.20 bits per heavy atom. The minimum absolute atomic E-state index is 0. The van der Waals surface area contributed by atoms with Gasteiger partial charge in [0.2, 0.25) is 0 Å². The molecule has 0 aromatic heterocycles. The number of fused-ring (bicyclic) bond motifs is 2. The summed E-state index contributed by atoms with van der Waals surface area (Å²) < 4.78 is 0. The molecule has 0 aliphatic heterocycles. The Hall–Kier alpha value is -3.56. The molecule has 0 saturated heterocycles. The van der Waals surface area contributed by atoms with Crippen LogP contribution in [-0.2, 0) is 0 Å². The number of rotatable bonds is 0. The molecular weight excluding hydrogens is 360 g/mol. The quantitative estimate of drug-likeness (QED) is 0.232. The molecule has 0 heterocycles. The van der Waals surface area contributed by atoms with Gasteiger partial charge in [-0.1, -0.05) is 121 Å². The second-order valence-electron chi connectivity index (χ2n) is 7.16. The Labute approximate surface area is 181 Å². The van der Waals surface area contributed by atoms with Crippen LogP contribution in [-0.4, -0.2) is 0 Å². The SMILES string of the molecule is C.Cc1ccc2ccccc2c1.Cc1cccc2c1C=C=C=C2.Cc1ccccc1. The standard InChI is InChI=1S/C11H8.C11H10.C7H8.CH4/c1-9-5-4-7-10-6-2-3-8-11(9)10;1-9-6-7-10-4-2-3-5-11(10)8-9;1-7-5-3-2-4-6-7;/h4-8H,1H3;2-8H,1H3;2-6H,1H3;1H4. The summed E-state index contributed by atoms with van der Waals surface area (Å²) in [6, 6.07) is 31.4. The van der Waals surface area contributed by atoms with Crippen LogP contribution in [0.1, 0.15) is 35.2 Å². The first-order chi connectivity index (χ1) is 14.1. The van der Waals surface area contributed by atoms with Gasteiger partial charge in [-0.2, -0.15) is 0 Å². The van der Waals surface area contributed by atoms with Gasteiger partial charge in [0.05, 0.1) is 0 Å². The molecule has 0 saturated carbocycles. The van der Waals surface area contributed by atoms with Gasteiger partial charge in [0.15, 0.2) is 0 Å². The van der Waals surface area contributed by atoms with E-state index in [2.05, 4.69) is 105 Å². The van der Waals surface area contributed by atoms with Gasteiger partial charge in [-0.25, -0.2) is 0 Å². The van der Waals surface area contributed by atoms with E-state index in [0.717, 1.165) is 0 Å². The lowest BCUT2D eigenvalue weighted by Crippen LogP contribution is -1.85. The van der Waals surface area contributed by atoms with E-state index < -0.39 is 0 Å². The van der Waals surface area contributed by atoms with Crippen molar-refractivity contribution in [1.29, 1.82) is 0 Å². The van der Waals surface area contributed by atoms with Gasteiger partial charge in [-0.15, -0.1) is 0 Å². The zero-order chi connectivity index (χ0) is 20.5. The fourth-order valence-electron chi connectivity index (χ4n) is 3.10. The summed E-state index contributed by atoms with van der Waals surface area (Å²) in [6.07, 6.45) is 3.94. The summed E-state index contributed by atoms with van der Waals surface area (Å²) in [6.45, 7) is 6.31. The molecule has 4 aromatic carbocycles. The van der Waals surface area contributed by atoms with Gasteiger partial charge in [0.25, 0.3) is 0 Å². The zero-order valence-corrected chi connectivity index (χ0v) is 17.3. The van der Waals surface area contributed by atoms with Gasteiger partial charge < -0.3 is 0 Å².